The average Bonchev–Trinajstić information content (AvgIpc) is 2.80. The highest BCUT2D eigenvalue weighted by Crippen LogP contribution is 2.29. The number of nitrogens with one attached hydrogen (secondary N) is 1. The quantitative estimate of drug-likeness (QED) is 0.191. The van der Waals surface area contributed by atoms with Crippen molar-refractivity contribution in [3.63, 3.8) is 0 Å². The normalized spacial score (nSPS) is 11.2. The predicted molar refractivity (Wildman–Crippen MR) is 123 cm³/mol. The van der Waals surface area contributed by atoms with E-state index in [1.165, 1.54) is 48.7 Å². The molecular weight excluding hydrogens is 536 g/mol. The van der Waals surface area contributed by atoms with E-state index in [2.05, 4.69) is 26.5 Å². The van der Waals surface area contributed by atoms with E-state index in [1.54, 1.807) is 0 Å². The Morgan fingerprint density at radius 2 is 1.50 bits per heavy atom. The van der Waals surface area contributed by atoms with Crippen LogP contribution in [0.3, 0.4) is 0 Å². The van der Waals surface area contributed by atoms with Crippen molar-refractivity contribution >= 4 is 49.5 Å². The number of carbonyl (C=O) groups is 1. The molecule has 0 fully saturated rings. The zero-order valence-corrected chi connectivity index (χ0v) is 19.2. The molecule has 0 heterocycles. The summed E-state index contributed by atoms with van der Waals surface area (Å²) in [5.74, 6) is -0.621. The Morgan fingerprint density at radius 1 is 0.941 bits per heavy atom. The van der Waals surface area contributed by atoms with Gasteiger partial charge in [0.15, 0.2) is 5.75 Å². The lowest BCUT2D eigenvalue weighted by atomic mass is 10.2. The van der Waals surface area contributed by atoms with Crippen molar-refractivity contribution in [2.75, 3.05) is 0 Å². The summed E-state index contributed by atoms with van der Waals surface area (Å²) in [6, 6.07) is 13.5. The molecular formula is C20H13BrN4O8S. The van der Waals surface area contributed by atoms with Crippen molar-refractivity contribution in [2.24, 2.45) is 5.10 Å². The number of nitro benzene ring substituents is 2. The van der Waals surface area contributed by atoms with E-state index in [1.807, 2.05) is 0 Å². The van der Waals surface area contributed by atoms with E-state index in [0.29, 0.717) is 5.56 Å². The van der Waals surface area contributed by atoms with Crippen LogP contribution in [0.5, 0.6) is 5.75 Å². The minimum Gasteiger partial charge on any atom is -0.378 e. The molecule has 3 aromatic rings. The van der Waals surface area contributed by atoms with Crippen molar-refractivity contribution in [2.45, 2.75) is 4.90 Å². The molecule has 3 rings (SSSR count). The number of rotatable bonds is 8. The van der Waals surface area contributed by atoms with Gasteiger partial charge in [-0.2, -0.15) is 13.5 Å². The van der Waals surface area contributed by atoms with Crippen LogP contribution in [0.2, 0.25) is 0 Å². The number of hydrogen-bond donors (Lipinski definition) is 1. The topological polar surface area (TPSA) is 171 Å². The molecule has 14 heteroatoms. The highest BCUT2D eigenvalue weighted by Gasteiger charge is 2.19. The molecule has 0 unspecified atom stereocenters. The van der Waals surface area contributed by atoms with Crippen LogP contribution in [0.15, 0.2) is 81.2 Å². The van der Waals surface area contributed by atoms with Crippen molar-refractivity contribution in [3.05, 3.63) is 103 Å². The van der Waals surface area contributed by atoms with E-state index < -0.39 is 25.9 Å². The Bertz CT molecular complexity index is 1390. The van der Waals surface area contributed by atoms with E-state index in [0.717, 1.165) is 24.3 Å². The average molecular weight is 549 g/mol. The smallest absolute Gasteiger partial charge is 0.339 e. The van der Waals surface area contributed by atoms with Crippen LogP contribution in [0.1, 0.15) is 15.9 Å². The number of benzene rings is 3. The first kappa shape index (κ1) is 24.5. The molecule has 174 valence electrons. The number of halogens is 1. The Labute approximate surface area is 200 Å². The van der Waals surface area contributed by atoms with Gasteiger partial charge in [-0.3, -0.25) is 25.0 Å². The fourth-order valence-corrected chi connectivity index (χ4v) is 4.06. The highest BCUT2D eigenvalue weighted by molar-refractivity contribution is 9.10. The number of nitrogens with zero attached hydrogens (tertiary/aromatic N) is 3. The molecule has 0 spiro atoms. The van der Waals surface area contributed by atoms with Crippen LogP contribution in [0.4, 0.5) is 11.4 Å². The van der Waals surface area contributed by atoms with Gasteiger partial charge in [-0.05, 0) is 64.0 Å². The summed E-state index contributed by atoms with van der Waals surface area (Å²) in [5, 5.41) is 25.2. The molecule has 12 nitrogen and oxygen atoms in total. The fourth-order valence-electron chi connectivity index (χ4n) is 2.53. The van der Waals surface area contributed by atoms with Gasteiger partial charge in [0.25, 0.3) is 17.3 Å². The van der Waals surface area contributed by atoms with Gasteiger partial charge in [0.1, 0.15) is 4.90 Å². The lowest BCUT2D eigenvalue weighted by molar-refractivity contribution is -0.385. The fraction of sp³-hybridized carbons (Fsp3) is 0. The second kappa shape index (κ2) is 10.2. The van der Waals surface area contributed by atoms with E-state index in [-0.39, 0.29) is 32.1 Å². The minimum atomic E-state index is -4.24. The third kappa shape index (κ3) is 5.99. The molecule has 0 aliphatic rings. The molecule has 3 aromatic carbocycles. The molecule has 0 atom stereocenters. The summed E-state index contributed by atoms with van der Waals surface area (Å²) < 4.78 is 30.2. The van der Waals surface area contributed by atoms with Crippen molar-refractivity contribution in [1.82, 2.24) is 5.43 Å². The molecule has 0 radical (unpaired) electrons. The Balaban J connectivity index is 1.66. The summed E-state index contributed by atoms with van der Waals surface area (Å²) in [6.07, 6.45) is 1.29. The SMILES string of the molecule is O=C(N/N=C\c1ccc(OS(=O)(=O)c2ccc([N+](=O)[O-])cc2)c(Br)c1)c1ccc([N+](=O)[O-])cc1. The number of amides is 1. The first-order valence-corrected chi connectivity index (χ1v) is 11.3. The number of hydrazone groups is 1. The number of carbonyl (C=O) groups excluding carboxylic acids is 1. The predicted octanol–water partition coefficient (Wildman–Crippen LogP) is 3.80. The van der Waals surface area contributed by atoms with Crippen LogP contribution < -0.4 is 9.61 Å². The molecule has 0 aliphatic heterocycles. The van der Waals surface area contributed by atoms with Crippen molar-refractivity contribution < 1.29 is 27.2 Å². The van der Waals surface area contributed by atoms with Gasteiger partial charge < -0.3 is 4.18 Å². The summed E-state index contributed by atoms with van der Waals surface area (Å²) in [6.45, 7) is 0. The molecule has 0 bridgehead atoms. The Morgan fingerprint density at radius 3 is 2.03 bits per heavy atom. The summed E-state index contributed by atoms with van der Waals surface area (Å²) in [4.78, 5) is 31.9. The van der Waals surface area contributed by atoms with Gasteiger partial charge in [0, 0.05) is 29.8 Å². The minimum absolute atomic E-state index is 0.0366. The lowest BCUT2D eigenvalue weighted by Gasteiger charge is -2.09. The van der Waals surface area contributed by atoms with Gasteiger partial charge in [0.05, 0.1) is 20.5 Å². The van der Waals surface area contributed by atoms with Gasteiger partial charge in [-0.25, -0.2) is 5.43 Å². The van der Waals surface area contributed by atoms with Crippen LogP contribution in [-0.4, -0.2) is 30.4 Å². The zero-order chi connectivity index (χ0) is 24.9. The Kier molecular flexibility index (Phi) is 7.33. The summed E-state index contributed by atoms with van der Waals surface area (Å²) in [7, 11) is -4.24. The monoisotopic (exact) mass is 548 g/mol. The van der Waals surface area contributed by atoms with Gasteiger partial charge >= 0.3 is 10.1 Å². The molecule has 0 aliphatic carbocycles. The zero-order valence-electron chi connectivity index (χ0n) is 16.8. The molecule has 1 N–H and O–H groups in total. The second-order valence-electron chi connectivity index (χ2n) is 6.48. The standard InChI is InChI=1S/C20H13BrN4O8S/c21-18-11-13(12-22-23-20(26)14-2-4-15(5-3-14)24(27)28)1-10-19(18)33-34(31,32)17-8-6-16(7-9-17)25(29)30/h1-12H,(H,23,26)/b22-12-. The third-order valence-corrected chi connectivity index (χ3v) is 6.08. The van der Waals surface area contributed by atoms with Gasteiger partial charge in [-0.1, -0.05) is 0 Å². The third-order valence-electron chi connectivity index (χ3n) is 4.21. The molecule has 0 aromatic heterocycles. The van der Waals surface area contributed by atoms with Crippen LogP contribution >= 0.6 is 15.9 Å². The van der Waals surface area contributed by atoms with Crippen LogP contribution in [-0.2, 0) is 10.1 Å². The maximum absolute atomic E-state index is 12.4. The van der Waals surface area contributed by atoms with E-state index in [4.69, 9.17) is 4.18 Å². The van der Waals surface area contributed by atoms with E-state index >= 15 is 0 Å². The second-order valence-corrected chi connectivity index (χ2v) is 8.88. The van der Waals surface area contributed by atoms with Crippen LogP contribution in [0, 0.1) is 20.2 Å². The number of non-ortho nitro benzene ring substituents is 2. The lowest BCUT2D eigenvalue weighted by Crippen LogP contribution is -2.17. The number of hydrogen-bond acceptors (Lipinski definition) is 9. The molecule has 34 heavy (non-hydrogen) atoms. The molecule has 1 amide bonds. The van der Waals surface area contributed by atoms with E-state index in [9.17, 15) is 33.4 Å². The molecule has 0 saturated carbocycles. The highest BCUT2D eigenvalue weighted by atomic mass is 79.9. The van der Waals surface area contributed by atoms with Gasteiger partial charge in [0.2, 0.25) is 0 Å². The van der Waals surface area contributed by atoms with Gasteiger partial charge in [-0.15, -0.1) is 0 Å². The largest absolute Gasteiger partial charge is 0.378 e. The summed E-state index contributed by atoms with van der Waals surface area (Å²) in [5.41, 5.74) is 2.52. The maximum atomic E-state index is 12.4. The Hall–Kier alpha value is -4.17. The summed E-state index contributed by atoms with van der Waals surface area (Å²) >= 11 is 3.20. The van der Waals surface area contributed by atoms with Crippen molar-refractivity contribution in [3.8, 4) is 5.75 Å². The van der Waals surface area contributed by atoms with Crippen LogP contribution in [0.25, 0.3) is 0 Å². The van der Waals surface area contributed by atoms with Crippen molar-refractivity contribution in [1.29, 1.82) is 0 Å². The first-order chi connectivity index (χ1) is 16.1. The molecule has 0 saturated heterocycles. The first-order valence-electron chi connectivity index (χ1n) is 9.13. The number of nitro groups is 2. The maximum Gasteiger partial charge on any atom is 0.339 e.